The lowest BCUT2D eigenvalue weighted by atomic mass is 9.75. The van der Waals surface area contributed by atoms with Crippen LogP contribution in [0.4, 0.5) is 0 Å². The predicted octanol–water partition coefficient (Wildman–Crippen LogP) is 3.04. The number of likely N-dealkylation sites (tertiary alicyclic amines) is 2. The molecule has 0 N–H and O–H groups in total. The molecule has 0 bridgehead atoms. The van der Waals surface area contributed by atoms with E-state index in [1.54, 1.807) is 0 Å². The lowest BCUT2D eigenvalue weighted by molar-refractivity contribution is -0.147. The summed E-state index contributed by atoms with van der Waals surface area (Å²) in [7, 11) is 0. The Kier molecular flexibility index (Phi) is 4.44. The van der Waals surface area contributed by atoms with Crippen LogP contribution < -0.4 is 0 Å². The number of carbonyl (C=O) groups is 1. The molecule has 0 aromatic rings. The highest BCUT2D eigenvalue weighted by atomic mass is 16.2. The third-order valence-corrected chi connectivity index (χ3v) is 6.19. The van der Waals surface area contributed by atoms with E-state index in [-0.39, 0.29) is 17.9 Å². The zero-order valence-electron chi connectivity index (χ0n) is 15.1. The van der Waals surface area contributed by atoms with Crippen molar-refractivity contribution in [3.8, 4) is 0 Å². The minimum atomic E-state index is -0.0225. The summed E-state index contributed by atoms with van der Waals surface area (Å²) in [5.74, 6) is 0.953. The van der Waals surface area contributed by atoms with Crippen molar-refractivity contribution in [2.45, 2.75) is 71.5 Å². The van der Waals surface area contributed by atoms with E-state index in [4.69, 9.17) is 6.57 Å². The molecule has 2 saturated heterocycles. The molecule has 1 amide bonds. The Bertz CT molecular complexity index is 501. The van der Waals surface area contributed by atoms with Crippen LogP contribution in [-0.4, -0.2) is 53.5 Å². The SMILES string of the molecule is [C-]#[N+]C1CC1C(=O)N1CC2(CCCC(C(C)C)N(C(C)C)C2)C1. The molecule has 0 radical (unpaired) electrons. The molecular formula is C19H31N3O. The molecule has 1 spiro atoms. The van der Waals surface area contributed by atoms with E-state index in [1.807, 2.05) is 4.90 Å². The van der Waals surface area contributed by atoms with Gasteiger partial charge in [0.2, 0.25) is 11.9 Å². The summed E-state index contributed by atoms with van der Waals surface area (Å²) in [4.78, 5) is 20.7. The number of nitrogens with zero attached hydrogens (tertiary/aromatic N) is 3. The van der Waals surface area contributed by atoms with Gasteiger partial charge >= 0.3 is 0 Å². The summed E-state index contributed by atoms with van der Waals surface area (Å²) in [5.41, 5.74) is 0.312. The van der Waals surface area contributed by atoms with Gasteiger partial charge < -0.3 is 9.74 Å². The first-order valence-corrected chi connectivity index (χ1v) is 9.28. The fourth-order valence-corrected chi connectivity index (χ4v) is 4.72. The van der Waals surface area contributed by atoms with Crippen LogP contribution in [0.3, 0.4) is 0 Å². The molecule has 2 heterocycles. The topological polar surface area (TPSA) is 27.9 Å². The third-order valence-electron chi connectivity index (χ3n) is 6.19. The predicted molar refractivity (Wildman–Crippen MR) is 91.8 cm³/mol. The Labute approximate surface area is 141 Å². The molecule has 23 heavy (non-hydrogen) atoms. The van der Waals surface area contributed by atoms with Gasteiger partial charge in [-0.2, -0.15) is 0 Å². The summed E-state index contributed by atoms with van der Waals surface area (Å²) in [6.07, 6.45) is 4.61. The van der Waals surface area contributed by atoms with Crippen LogP contribution >= 0.6 is 0 Å². The van der Waals surface area contributed by atoms with Crippen molar-refractivity contribution in [2.75, 3.05) is 19.6 Å². The molecule has 3 fully saturated rings. The fourth-order valence-electron chi connectivity index (χ4n) is 4.72. The Morgan fingerprint density at radius 1 is 1.22 bits per heavy atom. The van der Waals surface area contributed by atoms with Crippen LogP contribution in [0.2, 0.25) is 0 Å². The van der Waals surface area contributed by atoms with Gasteiger partial charge in [-0.1, -0.05) is 20.3 Å². The van der Waals surface area contributed by atoms with Gasteiger partial charge in [-0.05, 0) is 32.6 Å². The summed E-state index contributed by atoms with van der Waals surface area (Å²) >= 11 is 0. The molecule has 0 aromatic heterocycles. The van der Waals surface area contributed by atoms with Crippen molar-refractivity contribution in [1.82, 2.24) is 9.80 Å². The average Bonchev–Trinajstić information content (AvgIpc) is 3.25. The van der Waals surface area contributed by atoms with E-state index in [2.05, 4.69) is 37.4 Å². The van der Waals surface area contributed by atoms with E-state index in [0.29, 0.717) is 23.4 Å². The lowest BCUT2D eigenvalue weighted by Gasteiger charge is -2.52. The maximum absolute atomic E-state index is 12.4. The standard InChI is InChI=1S/C19H31N3O/c1-13(2)17-7-6-8-19(12-22(17)14(3)4)10-21(11-19)18(23)15-9-16(15)20-5/h13-17H,6-12H2,1-4H3. The molecule has 2 aliphatic heterocycles. The highest BCUT2D eigenvalue weighted by Crippen LogP contribution is 2.44. The highest BCUT2D eigenvalue weighted by Gasteiger charge is 2.56. The van der Waals surface area contributed by atoms with Gasteiger partial charge in [-0.25, -0.2) is 6.57 Å². The molecule has 3 aliphatic rings. The van der Waals surface area contributed by atoms with Crippen LogP contribution in [0, 0.1) is 23.8 Å². The van der Waals surface area contributed by atoms with Crippen molar-refractivity contribution in [2.24, 2.45) is 17.3 Å². The van der Waals surface area contributed by atoms with Crippen LogP contribution in [0.25, 0.3) is 4.85 Å². The molecule has 4 heteroatoms. The number of hydrogen-bond donors (Lipinski definition) is 0. The normalized spacial score (nSPS) is 33.4. The molecule has 3 rings (SSSR count). The summed E-state index contributed by atoms with van der Waals surface area (Å²) in [6, 6.07) is 1.22. The minimum Gasteiger partial charge on any atom is -0.341 e. The largest absolute Gasteiger partial charge is 0.341 e. The maximum Gasteiger partial charge on any atom is 0.236 e. The molecule has 3 atom stereocenters. The van der Waals surface area contributed by atoms with Crippen LogP contribution in [0.15, 0.2) is 0 Å². The Morgan fingerprint density at radius 2 is 1.91 bits per heavy atom. The van der Waals surface area contributed by atoms with E-state index in [0.717, 1.165) is 26.1 Å². The number of carbonyl (C=O) groups excluding carboxylic acids is 1. The second-order valence-electron chi connectivity index (χ2n) is 8.70. The number of hydrogen-bond acceptors (Lipinski definition) is 2. The van der Waals surface area contributed by atoms with Crippen molar-refractivity contribution in [1.29, 1.82) is 0 Å². The van der Waals surface area contributed by atoms with Crippen molar-refractivity contribution in [3.63, 3.8) is 0 Å². The molecule has 1 saturated carbocycles. The zero-order valence-corrected chi connectivity index (χ0v) is 15.1. The first-order valence-electron chi connectivity index (χ1n) is 9.28. The smallest absolute Gasteiger partial charge is 0.236 e. The van der Waals surface area contributed by atoms with Crippen molar-refractivity contribution >= 4 is 5.91 Å². The third kappa shape index (κ3) is 3.13. The van der Waals surface area contributed by atoms with Gasteiger partial charge in [-0.3, -0.25) is 9.69 Å². The quantitative estimate of drug-likeness (QED) is 0.748. The van der Waals surface area contributed by atoms with E-state index >= 15 is 0 Å². The first-order chi connectivity index (χ1) is 10.9. The average molecular weight is 317 g/mol. The second kappa shape index (κ2) is 6.09. The van der Waals surface area contributed by atoms with Gasteiger partial charge in [0.1, 0.15) is 5.92 Å². The van der Waals surface area contributed by atoms with Gasteiger partial charge in [0.05, 0.1) is 0 Å². The van der Waals surface area contributed by atoms with Gasteiger partial charge in [-0.15, -0.1) is 0 Å². The number of rotatable bonds is 3. The highest BCUT2D eigenvalue weighted by molar-refractivity contribution is 5.83. The fraction of sp³-hybridized carbons (Fsp3) is 0.895. The van der Waals surface area contributed by atoms with E-state index in [1.165, 1.54) is 19.3 Å². The van der Waals surface area contributed by atoms with Gasteiger partial charge in [0.15, 0.2) is 0 Å². The lowest BCUT2D eigenvalue weighted by Crippen LogP contribution is -2.63. The molecule has 3 unspecified atom stereocenters. The number of amides is 1. The second-order valence-corrected chi connectivity index (χ2v) is 8.70. The molecular weight excluding hydrogens is 286 g/mol. The van der Waals surface area contributed by atoms with Gasteiger partial charge in [0, 0.05) is 43.6 Å². The van der Waals surface area contributed by atoms with E-state index < -0.39 is 0 Å². The summed E-state index contributed by atoms with van der Waals surface area (Å²) in [6.45, 7) is 19.3. The van der Waals surface area contributed by atoms with Crippen LogP contribution in [0.1, 0.15) is 53.4 Å². The molecule has 0 aromatic carbocycles. The molecule has 4 nitrogen and oxygen atoms in total. The van der Waals surface area contributed by atoms with Crippen LogP contribution in [-0.2, 0) is 4.79 Å². The van der Waals surface area contributed by atoms with E-state index in [9.17, 15) is 4.79 Å². The Morgan fingerprint density at radius 3 is 2.43 bits per heavy atom. The Hall–Kier alpha value is -1.08. The Balaban J connectivity index is 1.63. The van der Waals surface area contributed by atoms with Crippen LogP contribution in [0.5, 0.6) is 0 Å². The maximum atomic E-state index is 12.4. The summed E-state index contributed by atoms with van der Waals surface area (Å²) in [5, 5.41) is 0. The molecule has 1 aliphatic carbocycles. The zero-order chi connectivity index (χ0) is 16.8. The first kappa shape index (κ1) is 16.8. The van der Waals surface area contributed by atoms with Crippen molar-refractivity contribution < 1.29 is 4.79 Å². The molecule has 128 valence electrons. The minimum absolute atomic E-state index is 0.0141. The monoisotopic (exact) mass is 317 g/mol. The summed E-state index contributed by atoms with van der Waals surface area (Å²) < 4.78 is 0. The van der Waals surface area contributed by atoms with Gasteiger partial charge in [0.25, 0.3) is 0 Å². The van der Waals surface area contributed by atoms with Crippen molar-refractivity contribution in [3.05, 3.63) is 11.4 Å².